The molecule has 0 saturated carbocycles. The van der Waals surface area contributed by atoms with Crippen LogP contribution in [0.3, 0.4) is 0 Å². The van der Waals surface area contributed by atoms with Crippen molar-refractivity contribution in [2.45, 2.75) is 37.9 Å². The van der Waals surface area contributed by atoms with Crippen LogP contribution in [0, 0.1) is 0 Å². The summed E-state index contributed by atoms with van der Waals surface area (Å²) < 4.78 is 24.5. The minimum absolute atomic E-state index is 0.0347. The zero-order valence-electron chi connectivity index (χ0n) is 14.1. The van der Waals surface area contributed by atoms with Crippen molar-refractivity contribution in [1.82, 2.24) is 19.5 Å². The topological polar surface area (TPSA) is 99.7 Å². The Balaban J connectivity index is 1.60. The molecule has 0 aromatic carbocycles. The van der Waals surface area contributed by atoms with Gasteiger partial charge in [-0.25, -0.2) is 13.1 Å². The lowest BCUT2D eigenvalue weighted by Crippen LogP contribution is -2.40. The van der Waals surface area contributed by atoms with Crippen molar-refractivity contribution < 1.29 is 18.0 Å². The van der Waals surface area contributed by atoms with Gasteiger partial charge >= 0.3 is 0 Å². The Hall–Kier alpha value is -2.00. The van der Waals surface area contributed by atoms with E-state index in [2.05, 4.69) is 9.71 Å². The minimum Gasteiger partial charge on any atom is -0.337 e. The summed E-state index contributed by atoms with van der Waals surface area (Å²) >= 11 is 0. The number of hydrogen-bond donors (Lipinski definition) is 1. The molecule has 0 radical (unpaired) electrons. The van der Waals surface area contributed by atoms with Crippen LogP contribution >= 0.6 is 0 Å². The number of likely N-dealkylation sites (tertiary alicyclic amines) is 2. The van der Waals surface area contributed by atoms with E-state index < -0.39 is 10.0 Å². The van der Waals surface area contributed by atoms with E-state index >= 15 is 0 Å². The van der Waals surface area contributed by atoms with Crippen molar-refractivity contribution in [1.29, 1.82) is 0 Å². The fourth-order valence-electron chi connectivity index (χ4n) is 3.62. The van der Waals surface area contributed by atoms with Crippen LogP contribution in [0.1, 0.15) is 24.8 Å². The van der Waals surface area contributed by atoms with Crippen molar-refractivity contribution in [2.24, 2.45) is 0 Å². The smallest absolute Gasteiger partial charge is 0.225 e. The maximum Gasteiger partial charge on any atom is 0.225 e. The van der Waals surface area contributed by atoms with E-state index in [-0.39, 0.29) is 36.9 Å². The molecule has 0 bridgehead atoms. The molecule has 1 N–H and O–H groups in total. The van der Waals surface area contributed by atoms with Crippen molar-refractivity contribution >= 4 is 21.8 Å². The summed E-state index contributed by atoms with van der Waals surface area (Å²) in [6.45, 7) is 1.22. The van der Waals surface area contributed by atoms with Gasteiger partial charge in [-0.3, -0.25) is 14.6 Å². The van der Waals surface area contributed by atoms with Gasteiger partial charge in [-0.2, -0.15) is 0 Å². The van der Waals surface area contributed by atoms with Gasteiger partial charge in [0.25, 0.3) is 0 Å². The van der Waals surface area contributed by atoms with Crippen LogP contribution in [-0.4, -0.2) is 66.4 Å². The predicted molar refractivity (Wildman–Crippen MR) is 90.8 cm³/mol. The Bertz CT molecular complexity index is 753. The van der Waals surface area contributed by atoms with E-state index in [4.69, 9.17) is 0 Å². The third-order valence-corrected chi connectivity index (χ3v) is 5.47. The van der Waals surface area contributed by atoms with Gasteiger partial charge in [0, 0.05) is 44.9 Å². The normalized spacial score (nSPS) is 23.2. The van der Waals surface area contributed by atoms with Crippen LogP contribution in [0.4, 0.5) is 0 Å². The van der Waals surface area contributed by atoms with Gasteiger partial charge in [0.05, 0.1) is 18.3 Å². The van der Waals surface area contributed by atoms with Crippen molar-refractivity contribution in [3.8, 4) is 0 Å². The third kappa shape index (κ3) is 4.16. The summed E-state index contributed by atoms with van der Waals surface area (Å²) in [5, 5.41) is 0. The molecule has 0 spiro atoms. The fraction of sp³-hybridized carbons (Fsp3) is 0.562. The highest BCUT2D eigenvalue weighted by molar-refractivity contribution is 7.88. The summed E-state index contributed by atoms with van der Waals surface area (Å²) in [6, 6.07) is 3.69. The Labute approximate surface area is 147 Å². The number of pyridine rings is 1. The second-order valence-electron chi connectivity index (χ2n) is 6.51. The predicted octanol–water partition coefficient (Wildman–Crippen LogP) is -0.277. The molecule has 3 rings (SSSR count). The Kier molecular flexibility index (Phi) is 5.05. The fourth-order valence-corrected chi connectivity index (χ4v) is 4.09. The van der Waals surface area contributed by atoms with E-state index in [0.717, 1.165) is 18.2 Å². The van der Waals surface area contributed by atoms with Crippen LogP contribution in [0.25, 0.3) is 0 Å². The summed E-state index contributed by atoms with van der Waals surface area (Å²) in [5.41, 5.74) is 1.02. The highest BCUT2D eigenvalue weighted by Crippen LogP contribution is 2.33. The summed E-state index contributed by atoms with van der Waals surface area (Å²) in [5.74, 6) is -0.0548. The first kappa shape index (κ1) is 17.8. The number of hydrogen-bond acceptors (Lipinski definition) is 5. The second kappa shape index (κ2) is 7.09. The number of sulfonamides is 1. The molecular formula is C16H22N4O4S. The van der Waals surface area contributed by atoms with Crippen LogP contribution in [0.15, 0.2) is 24.5 Å². The van der Waals surface area contributed by atoms with E-state index in [0.29, 0.717) is 19.5 Å². The van der Waals surface area contributed by atoms with Crippen LogP contribution in [0.5, 0.6) is 0 Å². The molecule has 2 atom stereocenters. The number of nitrogens with one attached hydrogen (secondary N) is 1. The van der Waals surface area contributed by atoms with Gasteiger partial charge in [-0.15, -0.1) is 0 Å². The van der Waals surface area contributed by atoms with E-state index in [1.807, 2.05) is 17.0 Å². The lowest BCUT2D eigenvalue weighted by molar-refractivity contribution is -0.132. The van der Waals surface area contributed by atoms with Gasteiger partial charge in [-0.1, -0.05) is 0 Å². The third-order valence-electron chi connectivity index (χ3n) is 4.74. The molecule has 1 aromatic heterocycles. The second-order valence-corrected chi connectivity index (χ2v) is 8.34. The Morgan fingerprint density at radius 1 is 1.32 bits per heavy atom. The largest absolute Gasteiger partial charge is 0.337 e. The van der Waals surface area contributed by atoms with Gasteiger partial charge in [0.1, 0.15) is 0 Å². The molecule has 136 valence electrons. The molecule has 0 aliphatic carbocycles. The molecular weight excluding hydrogens is 344 g/mol. The van der Waals surface area contributed by atoms with Gasteiger partial charge in [0.15, 0.2) is 0 Å². The molecule has 2 aliphatic heterocycles. The first-order valence-corrected chi connectivity index (χ1v) is 10.2. The zero-order chi connectivity index (χ0) is 18.0. The number of aromatic nitrogens is 1. The van der Waals surface area contributed by atoms with E-state index in [1.54, 1.807) is 17.3 Å². The van der Waals surface area contributed by atoms with Gasteiger partial charge < -0.3 is 9.80 Å². The number of rotatable bonds is 6. The quantitative estimate of drug-likeness (QED) is 0.747. The molecule has 2 saturated heterocycles. The highest BCUT2D eigenvalue weighted by Gasteiger charge is 2.47. The summed E-state index contributed by atoms with van der Waals surface area (Å²) in [7, 11) is -3.30. The molecule has 9 heteroatoms. The number of fused-ring (bicyclic) bond motifs is 1. The van der Waals surface area contributed by atoms with Crippen molar-refractivity contribution in [2.75, 3.05) is 19.3 Å². The first-order chi connectivity index (χ1) is 11.8. The number of carbonyl (C=O) groups excluding carboxylic acids is 2. The Morgan fingerprint density at radius 3 is 2.72 bits per heavy atom. The van der Waals surface area contributed by atoms with Crippen LogP contribution in [-0.2, 0) is 26.2 Å². The van der Waals surface area contributed by atoms with Gasteiger partial charge in [0.2, 0.25) is 21.8 Å². The molecule has 2 amide bonds. The van der Waals surface area contributed by atoms with Gasteiger partial charge in [-0.05, 0) is 24.1 Å². The number of carbonyl (C=O) groups is 2. The molecule has 3 heterocycles. The molecule has 1 aromatic rings. The minimum atomic E-state index is -3.30. The van der Waals surface area contributed by atoms with Crippen LogP contribution < -0.4 is 4.72 Å². The molecule has 2 fully saturated rings. The highest BCUT2D eigenvalue weighted by atomic mass is 32.2. The summed E-state index contributed by atoms with van der Waals surface area (Å²) in [4.78, 5) is 32.4. The Morgan fingerprint density at radius 2 is 2.04 bits per heavy atom. The number of amides is 2. The monoisotopic (exact) mass is 366 g/mol. The van der Waals surface area contributed by atoms with E-state index in [1.165, 1.54) is 0 Å². The average molecular weight is 366 g/mol. The number of nitrogens with zero attached hydrogens (tertiary/aromatic N) is 3. The zero-order valence-corrected chi connectivity index (χ0v) is 14.9. The van der Waals surface area contributed by atoms with E-state index in [9.17, 15) is 18.0 Å². The van der Waals surface area contributed by atoms with Crippen LogP contribution in [0.2, 0.25) is 0 Å². The van der Waals surface area contributed by atoms with Crippen molar-refractivity contribution in [3.05, 3.63) is 30.1 Å². The average Bonchev–Trinajstić information content (AvgIpc) is 3.07. The van der Waals surface area contributed by atoms with Crippen molar-refractivity contribution in [3.63, 3.8) is 0 Å². The maximum atomic E-state index is 12.4. The summed E-state index contributed by atoms with van der Waals surface area (Å²) in [6.07, 6.45) is 5.66. The lowest BCUT2D eigenvalue weighted by atomic mass is 10.1. The SMILES string of the molecule is CS(=O)(=O)NCCC(=O)N1CC[C@H]2[C@@H]1CC(=O)N2Cc1ccncc1. The molecule has 0 unspecified atom stereocenters. The lowest BCUT2D eigenvalue weighted by Gasteiger charge is -2.25. The molecule has 25 heavy (non-hydrogen) atoms. The molecule has 2 aliphatic rings. The molecule has 8 nitrogen and oxygen atoms in total. The maximum absolute atomic E-state index is 12.4. The standard InChI is InChI=1S/C16H22N4O4S/c1-25(23,24)18-8-4-15(21)19-9-5-13-14(19)10-16(22)20(13)11-12-2-6-17-7-3-12/h2-3,6-7,13-14,18H,4-5,8-11H2,1H3/t13-,14-/m0/s1. The first-order valence-electron chi connectivity index (χ1n) is 8.27.